The summed E-state index contributed by atoms with van der Waals surface area (Å²) in [5, 5.41) is 0. The van der Waals surface area contributed by atoms with Gasteiger partial charge in [-0.1, -0.05) is 31.0 Å². The lowest BCUT2D eigenvalue weighted by atomic mass is 10.0. The van der Waals surface area contributed by atoms with Gasteiger partial charge in [0.25, 0.3) is 6.48 Å². The standard InChI is InChI=1S/C17H25F3O3Si/c1-3-21-16(22-4-2)23-24-12-7-5-6-9-14-10-8-11-15(13-14)17(18,19)20/h8,10-11,13,16H,3-7,9,12H2,1-2H3. The third kappa shape index (κ3) is 8.82. The van der Waals surface area contributed by atoms with Gasteiger partial charge in [0.05, 0.1) is 5.56 Å². The van der Waals surface area contributed by atoms with E-state index in [9.17, 15) is 13.2 Å². The zero-order valence-corrected chi connectivity index (χ0v) is 15.2. The van der Waals surface area contributed by atoms with Crippen molar-refractivity contribution in [1.29, 1.82) is 0 Å². The Kier molecular flexibility index (Phi) is 10.2. The van der Waals surface area contributed by atoms with E-state index >= 15 is 0 Å². The molecule has 136 valence electrons. The van der Waals surface area contributed by atoms with E-state index in [1.54, 1.807) is 6.07 Å². The van der Waals surface area contributed by atoms with Crippen LogP contribution in [0, 0.1) is 0 Å². The molecule has 0 spiro atoms. The molecule has 2 radical (unpaired) electrons. The molecule has 7 heteroatoms. The Bertz CT molecular complexity index is 449. The fraction of sp³-hybridized carbons (Fsp3) is 0.647. The van der Waals surface area contributed by atoms with Crippen LogP contribution in [0.25, 0.3) is 0 Å². The SMILES string of the molecule is CCOC(OCC)O[Si]CCCCCc1cccc(C(F)(F)F)c1. The van der Waals surface area contributed by atoms with Crippen LogP contribution >= 0.6 is 0 Å². The van der Waals surface area contributed by atoms with Crippen LogP contribution in [0.4, 0.5) is 13.2 Å². The first-order valence-electron chi connectivity index (χ1n) is 8.25. The maximum absolute atomic E-state index is 12.6. The molecule has 1 aromatic carbocycles. The van der Waals surface area contributed by atoms with Crippen molar-refractivity contribution in [3.05, 3.63) is 35.4 Å². The van der Waals surface area contributed by atoms with E-state index in [4.69, 9.17) is 13.9 Å². The number of unbranched alkanes of at least 4 members (excludes halogenated alkanes) is 2. The second-order valence-corrected chi connectivity index (χ2v) is 6.24. The molecule has 0 saturated carbocycles. The Morgan fingerprint density at radius 1 is 1.04 bits per heavy atom. The number of ether oxygens (including phenoxy) is 2. The number of halogens is 3. The highest BCUT2D eigenvalue weighted by Gasteiger charge is 2.30. The van der Waals surface area contributed by atoms with Crippen LogP contribution in [-0.2, 0) is 26.5 Å². The molecule has 3 nitrogen and oxygen atoms in total. The van der Waals surface area contributed by atoms with Crippen molar-refractivity contribution < 1.29 is 27.1 Å². The molecule has 0 aromatic heterocycles. The Morgan fingerprint density at radius 3 is 2.38 bits per heavy atom. The van der Waals surface area contributed by atoms with Crippen molar-refractivity contribution in [2.75, 3.05) is 13.2 Å². The molecule has 0 N–H and O–H groups in total. The topological polar surface area (TPSA) is 27.7 Å². The largest absolute Gasteiger partial charge is 0.416 e. The van der Waals surface area contributed by atoms with Crippen LogP contribution in [0.2, 0.25) is 6.04 Å². The maximum atomic E-state index is 12.6. The van der Waals surface area contributed by atoms with Gasteiger partial charge in [-0.05, 0) is 44.4 Å². The van der Waals surface area contributed by atoms with Crippen molar-refractivity contribution in [2.24, 2.45) is 0 Å². The molecule has 0 aliphatic heterocycles. The van der Waals surface area contributed by atoms with Crippen molar-refractivity contribution in [2.45, 2.75) is 58.2 Å². The molecule has 0 unspecified atom stereocenters. The van der Waals surface area contributed by atoms with E-state index in [1.807, 2.05) is 13.8 Å². The fourth-order valence-corrected chi connectivity index (χ4v) is 2.91. The van der Waals surface area contributed by atoms with Crippen LogP contribution in [-0.4, -0.2) is 29.5 Å². The van der Waals surface area contributed by atoms with Crippen LogP contribution < -0.4 is 0 Å². The summed E-state index contributed by atoms with van der Waals surface area (Å²) in [5.41, 5.74) is 0.157. The average molecular weight is 362 g/mol. The van der Waals surface area contributed by atoms with Crippen molar-refractivity contribution in [1.82, 2.24) is 0 Å². The maximum Gasteiger partial charge on any atom is 0.416 e. The molecule has 0 fully saturated rings. The summed E-state index contributed by atoms with van der Waals surface area (Å²) in [6.07, 6.45) is -0.810. The second kappa shape index (κ2) is 11.6. The third-order valence-electron chi connectivity index (χ3n) is 3.28. The number of hydrogen-bond acceptors (Lipinski definition) is 3. The molecule has 0 atom stereocenters. The Hall–Kier alpha value is -0.893. The highest BCUT2D eigenvalue weighted by molar-refractivity contribution is 6.27. The first-order valence-corrected chi connectivity index (χ1v) is 9.36. The van der Waals surface area contributed by atoms with E-state index in [1.165, 1.54) is 12.1 Å². The number of hydrogen-bond donors (Lipinski definition) is 0. The highest BCUT2D eigenvalue weighted by Crippen LogP contribution is 2.29. The van der Waals surface area contributed by atoms with E-state index in [0.29, 0.717) is 29.4 Å². The van der Waals surface area contributed by atoms with Crippen LogP contribution in [0.3, 0.4) is 0 Å². The van der Waals surface area contributed by atoms with E-state index in [2.05, 4.69) is 0 Å². The summed E-state index contributed by atoms with van der Waals surface area (Å²) in [4.78, 5) is 0. The number of aryl methyl sites for hydroxylation is 1. The Labute approximate surface area is 144 Å². The number of alkyl halides is 3. The zero-order valence-electron chi connectivity index (χ0n) is 14.2. The van der Waals surface area contributed by atoms with Gasteiger partial charge in [0, 0.05) is 13.2 Å². The van der Waals surface area contributed by atoms with Crippen LogP contribution in [0.5, 0.6) is 0 Å². The minimum absolute atomic E-state index is 0.302. The molecule has 0 bridgehead atoms. The molecule has 24 heavy (non-hydrogen) atoms. The molecular weight excluding hydrogens is 337 g/mol. The molecule has 0 amide bonds. The predicted molar refractivity (Wildman–Crippen MR) is 87.7 cm³/mol. The van der Waals surface area contributed by atoms with Gasteiger partial charge < -0.3 is 13.9 Å². The van der Waals surface area contributed by atoms with Crippen molar-refractivity contribution in [3.63, 3.8) is 0 Å². The van der Waals surface area contributed by atoms with Crippen molar-refractivity contribution >= 4 is 9.76 Å². The lowest BCUT2D eigenvalue weighted by molar-refractivity contribution is -0.243. The van der Waals surface area contributed by atoms with Gasteiger partial charge in [-0.3, -0.25) is 0 Å². The number of benzene rings is 1. The molecule has 0 aliphatic carbocycles. The van der Waals surface area contributed by atoms with Gasteiger partial charge in [-0.15, -0.1) is 0 Å². The molecule has 0 saturated heterocycles. The van der Waals surface area contributed by atoms with Crippen LogP contribution in [0.1, 0.15) is 44.2 Å². The summed E-state index contributed by atoms with van der Waals surface area (Å²) in [6, 6.07) is 6.46. The molecular formula is C17H25F3O3Si. The molecule has 0 heterocycles. The minimum Gasteiger partial charge on any atom is -0.372 e. The zero-order chi connectivity index (χ0) is 17.8. The lowest BCUT2D eigenvalue weighted by Crippen LogP contribution is -2.22. The normalized spacial score (nSPS) is 12.1. The van der Waals surface area contributed by atoms with Crippen molar-refractivity contribution in [3.8, 4) is 0 Å². The first kappa shape index (κ1) is 21.2. The summed E-state index contributed by atoms with van der Waals surface area (Å²) >= 11 is 0. The van der Waals surface area contributed by atoms with Gasteiger partial charge >= 0.3 is 6.18 Å². The number of rotatable bonds is 12. The van der Waals surface area contributed by atoms with Gasteiger partial charge in [0.15, 0.2) is 0 Å². The van der Waals surface area contributed by atoms with Gasteiger partial charge in [-0.25, -0.2) is 0 Å². The summed E-state index contributed by atoms with van der Waals surface area (Å²) < 4.78 is 54.0. The quantitative estimate of drug-likeness (QED) is 0.303. The summed E-state index contributed by atoms with van der Waals surface area (Å²) in [6.45, 7) is 4.24. The lowest BCUT2D eigenvalue weighted by Gasteiger charge is -2.16. The fourth-order valence-electron chi connectivity index (χ4n) is 2.12. The molecule has 0 aliphatic rings. The summed E-state index contributed by atoms with van der Waals surface area (Å²) in [5.74, 6) is 0. The van der Waals surface area contributed by atoms with E-state index in [-0.39, 0.29) is 0 Å². The van der Waals surface area contributed by atoms with Gasteiger partial charge in [0.1, 0.15) is 0 Å². The highest BCUT2D eigenvalue weighted by atomic mass is 28.2. The first-order chi connectivity index (χ1) is 11.5. The Morgan fingerprint density at radius 2 is 1.75 bits per heavy atom. The molecule has 1 rings (SSSR count). The molecule has 1 aromatic rings. The minimum atomic E-state index is -4.27. The van der Waals surface area contributed by atoms with E-state index in [0.717, 1.165) is 36.9 Å². The monoisotopic (exact) mass is 362 g/mol. The Balaban J connectivity index is 2.16. The average Bonchev–Trinajstić information content (AvgIpc) is 2.54. The predicted octanol–water partition coefficient (Wildman–Crippen LogP) is 4.83. The summed E-state index contributed by atoms with van der Waals surface area (Å²) in [7, 11) is 0.302. The third-order valence-corrected chi connectivity index (χ3v) is 4.20. The van der Waals surface area contributed by atoms with Gasteiger partial charge in [0.2, 0.25) is 9.76 Å². The van der Waals surface area contributed by atoms with E-state index < -0.39 is 18.2 Å². The second-order valence-electron chi connectivity index (χ2n) is 5.22. The van der Waals surface area contributed by atoms with Crippen LogP contribution in [0.15, 0.2) is 24.3 Å². The van der Waals surface area contributed by atoms with Gasteiger partial charge in [-0.2, -0.15) is 13.2 Å². The smallest absolute Gasteiger partial charge is 0.372 e.